The highest BCUT2D eigenvalue weighted by Crippen LogP contribution is 2.28. The first-order valence-corrected chi connectivity index (χ1v) is 8.38. The molecule has 1 unspecified atom stereocenters. The highest BCUT2D eigenvalue weighted by atomic mass is 35.5. The summed E-state index contributed by atoms with van der Waals surface area (Å²) in [7, 11) is 1.92. The molecule has 0 saturated heterocycles. The fraction of sp³-hybridized carbons (Fsp3) is 0.812. The first-order chi connectivity index (χ1) is 9.61. The van der Waals surface area contributed by atoms with Gasteiger partial charge in [0.15, 0.2) is 0 Å². The molecule has 1 N–H and O–H groups in total. The minimum Gasteiger partial charge on any atom is -0.393 e. The lowest BCUT2D eigenvalue weighted by molar-refractivity contribution is 0.135. The zero-order chi connectivity index (χ0) is 14.5. The van der Waals surface area contributed by atoms with Gasteiger partial charge < -0.3 is 5.11 Å². The Hall–Kier alpha value is -0.540. The lowest BCUT2D eigenvalue weighted by Gasteiger charge is -2.18. The third-order valence-electron chi connectivity index (χ3n) is 4.51. The number of rotatable bonds is 5. The van der Waals surface area contributed by atoms with Gasteiger partial charge in [-0.25, -0.2) is 0 Å². The third-order valence-corrected chi connectivity index (χ3v) is 4.95. The van der Waals surface area contributed by atoms with Crippen LogP contribution >= 0.6 is 11.6 Å². The predicted molar refractivity (Wildman–Crippen MR) is 83.1 cm³/mol. The van der Waals surface area contributed by atoms with Crippen molar-refractivity contribution >= 4 is 11.6 Å². The molecule has 0 radical (unpaired) electrons. The fourth-order valence-corrected chi connectivity index (χ4v) is 3.70. The topological polar surface area (TPSA) is 38.0 Å². The maximum atomic E-state index is 10.4. The van der Waals surface area contributed by atoms with Gasteiger partial charge in [0.05, 0.1) is 22.5 Å². The van der Waals surface area contributed by atoms with E-state index in [0.717, 1.165) is 29.3 Å². The number of hydrogen-bond donors (Lipinski definition) is 1. The van der Waals surface area contributed by atoms with Gasteiger partial charge in [0.2, 0.25) is 0 Å². The van der Waals surface area contributed by atoms with Crippen LogP contribution in [0.25, 0.3) is 0 Å². The molecule has 1 aliphatic carbocycles. The number of aliphatic hydroxyl groups is 1. The average molecular weight is 299 g/mol. The van der Waals surface area contributed by atoms with E-state index in [1.54, 1.807) is 0 Å². The van der Waals surface area contributed by atoms with Gasteiger partial charge in [-0.05, 0) is 18.8 Å². The van der Waals surface area contributed by atoms with Gasteiger partial charge in [0, 0.05) is 13.5 Å². The molecule has 1 aromatic heterocycles. The monoisotopic (exact) mass is 298 g/mol. The zero-order valence-corrected chi connectivity index (χ0v) is 13.5. The smallest absolute Gasteiger partial charge is 0.0850 e. The van der Waals surface area contributed by atoms with Crippen molar-refractivity contribution in [3.8, 4) is 0 Å². The van der Waals surface area contributed by atoms with Crippen LogP contribution in [0.4, 0.5) is 0 Å². The van der Waals surface area contributed by atoms with Crippen molar-refractivity contribution in [1.82, 2.24) is 9.78 Å². The van der Waals surface area contributed by atoms with Crippen molar-refractivity contribution < 1.29 is 5.11 Å². The van der Waals surface area contributed by atoms with E-state index in [-0.39, 0.29) is 6.10 Å². The van der Waals surface area contributed by atoms with Crippen molar-refractivity contribution in [3.63, 3.8) is 0 Å². The van der Waals surface area contributed by atoms with E-state index in [9.17, 15) is 5.11 Å². The van der Waals surface area contributed by atoms with E-state index in [1.165, 1.54) is 38.5 Å². The molecule has 1 heterocycles. The Bertz CT molecular complexity index is 422. The number of aryl methyl sites for hydroxylation is 2. The minimum absolute atomic E-state index is 0.296. The molecule has 20 heavy (non-hydrogen) atoms. The summed E-state index contributed by atoms with van der Waals surface area (Å²) in [6.45, 7) is 2.06. The predicted octanol–water partition coefficient (Wildman–Crippen LogP) is 3.90. The van der Waals surface area contributed by atoms with Gasteiger partial charge in [0.25, 0.3) is 0 Å². The lowest BCUT2D eigenvalue weighted by Crippen LogP contribution is -2.18. The number of aliphatic hydroxyl groups excluding tert-OH is 1. The van der Waals surface area contributed by atoms with Crippen LogP contribution in [-0.4, -0.2) is 21.0 Å². The summed E-state index contributed by atoms with van der Waals surface area (Å²) < 4.78 is 1.83. The Kier molecular flexibility index (Phi) is 5.91. The number of nitrogens with zero attached hydrogens (tertiary/aromatic N) is 2. The third kappa shape index (κ3) is 3.98. The Labute approximate surface area is 127 Å². The highest BCUT2D eigenvalue weighted by Gasteiger charge is 2.20. The Balaban J connectivity index is 1.93. The van der Waals surface area contributed by atoms with Crippen LogP contribution in [-0.2, 0) is 19.9 Å². The molecule has 114 valence electrons. The quantitative estimate of drug-likeness (QED) is 0.837. The maximum Gasteiger partial charge on any atom is 0.0850 e. The molecular weight excluding hydrogens is 272 g/mol. The van der Waals surface area contributed by atoms with Crippen molar-refractivity contribution in [1.29, 1.82) is 0 Å². The van der Waals surface area contributed by atoms with Crippen LogP contribution in [0.1, 0.15) is 63.3 Å². The van der Waals surface area contributed by atoms with Gasteiger partial charge >= 0.3 is 0 Å². The molecule has 0 amide bonds. The second kappa shape index (κ2) is 7.46. The van der Waals surface area contributed by atoms with E-state index < -0.39 is 0 Å². The number of hydrogen-bond acceptors (Lipinski definition) is 2. The molecule has 1 aliphatic rings. The lowest BCUT2D eigenvalue weighted by atomic mass is 9.92. The summed E-state index contributed by atoms with van der Waals surface area (Å²) in [5.41, 5.74) is 1.91. The van der Waals surface area contributed by atoms with Crippen LogP contribution in [0, 0.1) is 5.92 Å². The molecule has 0 aliphatic heterocycles. The molecule has 0 bridgehead atoms. The molecule has 1 aromatic rings. The van der Waals surface area contributed by atoms with Gasteiger partial charge in [0.1, 0.15) is 0 Å². The van der Waals surface area contributed by atoms with E-state index in [1.807, 2.05) is 11.7 Å². The van der Waals surface area contributed by atoms with Gasteiger partial charge in [-0.3, -0.25) is 4.68 Å². The van der Waals surface area contributed by atoms with Crippen LogP contribution in [0.2, 0.25) is 5.02 Å². The van der Waals surface area contributed by atoms with Gasteiger partial charge in [-0.2, -0.15) is 5.10 Å². The van der Waals surface area contributed by atoms with Crippen LogP contribution in [0.15, 0.2) is 0 Å². The SMILES string of the molecule is CCc1nn(C)c(CC(O)CC2CCCCCC2)c1Cl. The second-order valence-electron chi connectivity index (χ2n) is 6.14. The van der Waals surface area contributed by atoms with Crippen molar-refractivity contribution in [2.75, 3.05) is 0 Å². The van der Waals surface area contributed by atoms with E-state index in [4.69, 9.17) is 11.6 Å². The number of halogens is 1. The molecule has 1 saturated carbocycles. The van der Waals surface area contributed by atoms with Crippen molar-refractivity contribution in [2.45, 2.75) is 70.8 Å². The van der Waals surface area contributed by atoms with Crippen molar-refractivity contribution in [2.24, 2.45) is 13.0 Å². The number of aromatic nitrogens is 2. The molecule has 0 spiro atoms. The second-order valence-corrected chi connectivity index (χ2v) is 6.51. The minimum atomic E-state index is -0.296. The first kappa shape index (κ1) is 15.8. The van der Waals surface area contributed by atoms with Crippen LogP contribution < -0.4 is 0 Å². The van der Waals surface area contributed by atoms with Gasteiger partial charge in [-0.15, -0.1) is 0 Å². The van der Waals surface area contributed by atoms with Gasteiger partial charge in [-0.1, -0.05) is 57.0 Å². The summed E-state index contributed by atoms with van der Waals surface area (Å²) in [5.74, 6) is 0.685. The molecular formula is C16H27ClN2O. The van der Waals surface area contributed by atoms with Crippen LogP contribution in [0.5, 0.6) is 0 Å². The summed E-state index contributed by atoms with van der Waals surface area (Å²) in [5, 5.41) is 15.5. The van der Waals surface area contributed by atoms with Crippen molar-refractivity contribution in [3.05, 3.63) is 16.4 Å². The summed E-state index contributed by atoms with van der Waals surface area (Å²) in [6, 6.07) is 0. The van der Waals surface area contributed by atoms with E-state index in [0.29, 0.717) is 12.3 Å². The summed E-state index contributed by atoms with van der Waals surface area (Å²) in [6.07, 6.45) is 9.99. The molecule has 1 fully saturated rings. The maximum absolute atomic E-state index is 10.4. The molecule has 3 nitrogen and oxygen atoms in total. The fourth-order valence-electron chi connectivity index (χ4n) is 3.33. The Morgan fingerprint density at radius 3 is 2.50 bits per heavy atom. The summed E-state index contributed by atoms with van der Waals surface area (Å²) in [4.78, 5) is 0. The molecule has 0 aromatic carbocycles. The highest BCUT2D eigenvalue weighted by molar-refractivity contribution is 6.31. The first-order valence-electron chi connectivity index (χ1n) is 8.00. The molecule has 4 heteroatoms. The zero-order valence-electron chi connectivity index (χ0n) is 12.7. The summed E-state index contributed by atoms with van der Waals surface area (Å²) >= 11 is 6.35. The Morgan fingerprint density at radius 2 is 1.95 bits per heavy atom. The molecule has 1 atom stereocenters. The Morgan fingerprint density at radius 1 is 1.30 bits per heavy atom. The molecule has 2 rings (SSSR count). The average Bonchev–Trinajstić information content (AvgIpc) is 2.63. The van der Waals surface area contributed by atoms with E-state index >= 15 is 0 Å². The standard InChI is InChI=1S/C16H27ClN2O/c1-3-14-16(17)15(19(2)18-14)11-13(20)10-12-8-6-4-5-7-9-12/h12-13,20H,3-11H2,1-2H3. The largest absolute Gasteiger partial charge is 0.393 e. The normalized spacial score (nSPS) is 19.0. The van der Waals surface area contributed by atoms with E-state index in [2.05, 4.69) is 12.0 Å². The van der Waals surface area contributed by atoms with Crippen LogP contribution in [0.3, 0.4) is 0 Å².